The van der Waals surface area contributed by atoms with Crippen molar-refractivity contribution in [1.82, 2.24) is 9.88 Å². The van der Waals surface area contributed by atoms with Crippen LogP contribution in [0.15, 0.2) is 60.8 Å². The van der Waals surface area contributed by atoms with Crippen LogP contribution < -0.4 is 9.47 Å². The number of likely N-dealkylation sites (tertiary alicyclic amines) is 1. The van der Waals surface area contributed by atoms with Gasteiger partial charge in [0.15, 0.2) is 0 Å². The molecule has 4 nitrogen and oxygen atoms in total. The molecule has 3 aromatic rings. The maximum atomic E-state index is 5.58. The molecule has 0 amide bonds. The largest absolute Gasteiger partial charge is 0.497 e. The molecule has 1 fully saturated rings. The summed E-state index contributed by atoms with van der Waals surface area (Å²) in [6, 6.07) is 19.2. The highest BCUT2D eigenvalue weighted by atomic mass is 16.5. The van der Waals surface area contributed by atoms with E-state index in [4.69, 9.17) is 14.5 Å². The monoisotopic (exact) mass is 416 g/mol. The first-order valence-electron chi connectivity index (χ1n) is 11.1. The zero-order valence-electron chi connectivity index (χ0n) is 18.8. The average Bonchev–Trinajstić information content (AvgIpc) is 2.82. The molecule has 0 saturated carbocycles. The first-order valence-corrected chi connectivity index (χ1v) is 11.1. The van der Waals surface area contributed by atoms with Gasteiger partial charge in [-0.2, -0.15) is 0 Å². The molecule has 0 N–H and O–H groups in total. The summed E-state index contributed by atoms with van der Waals surface area (Å²) in [6.45, 7) is 5.24. The van der Waals surface area contributed by atoms with E-state index >= 15 is 0 Å². The van der Waals surface area contributed by atoms with Gasteiger partial charge in [0, 0.05) is 29.9 Å². The number of methoxy groups -OCH3 is 2. The molecule has 0 spiro atoms. The van der Waals surface area contributed by atoms with Crippen molar-refractivity contribution in [3.05, 3.63) is 88.7 Å². The smallest absolute Gasteiger partial charge is 0.123 e. The van der Waals surface area contributed by atoms with E-state index in [0.29, 0.717) is 5.92 Å². The minimum atomic E-state index is 0.547. The first-order chi connectivity index (χ1) is 15.1. The van der Waals surface area contributed by atoms with E-state index in [9.17, 15) is 0 Å². The molecule has 0 bridgehead atoms. The van der Waals surface area contributed by atoms with Gasteiger partial charge in [-0.05, 0) is 80.2 Å². The van der Waals surface area contributed by atoms with Gasteiger partial charge in [-0.1, -0.05) is 30.3 Å². The highest BCUT2D eigenvalue weighted by molar-refractivity contribution is 5.37. The Bertz CT molecular complexity index is 975. The van der Waals surface area contributed by atoms with E-state index < -0.39 is 0 Å². The quantitative estimate of drug-likeness (QED) is 0.518. The van der Waals surface area contributed by atoms with Crippen molar-refractivity contribution in [1.29, 1.82) is 0 Å². The highest BCUT2D eigenvalue weighted by Crippen LogP contribution is 2.29. The van der Waals surface area contributed by atoms with E-state index in [1.165, 1.54) is 27.9 Å². The Labute approximate surface area is 185 Å². The van der Waals surface area contributed by atoms with Crippen LogP contribution in [0, 0.1) is 6.92 Å². The molecule has 1 saturated heterocycles. The van der Waals surface area contributed by atoms with Gasteiger partial charge in [0.25, 0.3) is 0 Å². The second-order valence-electron chi connectivity index (χ2n) is 8.48. The predicted molar refractivity (Wildman–Crippen MR) is 125 cm³/mol. The van der Waals surface area contributed by atoms with Gasteiger partial charge in [0.05, 0.1) is 14.2 Å². The van der Waals surface area contributed by atoms with Crippen LogP contribution in [0.4, 0.5) is 0 Å². The van der Waals surface area contributed by atoms with Gasteiger partial charge in [-0.3, -0.25) is 9.88 Å². The number of aromatic nitrogens is 1. The SMILES string of the molecule is COc1ccc(Cc2ccc(C3CCN(Cc4ccc(C)cc4OC)CC3)nc2)cc1. The Hall–Kier alpha value is -2.85. The molecule has 1 aliphatic rings. The number of rotatable bonds is 7. The Kier molecular flexibility index (Phi) is 6.88. The van der Waals surface area contributed by atoms with Crippen molar-refractivity contribution < 1.29 is 9.47 Å². The fourth-order valence-electron chi connectivity index (χ4n) is 4.37. The third-order valence-electron chi connectivity index (χ3n) is 6.26. The number of aryl methyl sites for hydroxylation is 1. The van der Waals surface area contributed by atoms with Gasteiger partial charge in [-0.15, -0.1) is 0 Å². The maximum Gasteiger partial charge on any atom is 0.123 e. The molecule has 162 valence electrons. The molecule has 0 unspecified atom stereocenters. The number of piperidine rings is 1. The molecule has 2 heterocycles. The fraction of sp³-hybridized carbons (Fsp3) is 0.370. The third-order valence-corrected chi connectivity index (χ3v) is 6.26. The van der Waals surface area contributed by atoms with E-state index in [0.717, 1.165) is 50.4 Å². The van der Waals surface area contributed by atoms with Crippen LogP contribution in [-0.4, -0.2) is 37.2 Å². The van der Waals surface area contributed by atoms with Gasteiger partial charge in [0.2, 0.25) is 0 Å². The van der Waals surface area contributed by atoms with Crippen LogP contribution in [0.1, 0.15) is 46.7 Å². The van der Waals surface area contributed by atoms with E-state index in [2.05, 4.69) is 54.3 Å². The van der Waals surface area contributed by atoms with Gasteiger partial charge >= 0.3 is 0 Å². The molecule has 0 aliphatic carbocycles. The number of hydrogen-bond donors (Lipinski definition) is 0. The Balaban J connectivity index is 1.31. The van der Waals surface area contributed by atoms with Gasteiger partial charge in [-0.25, -0.2) is 0 Å². The lowest BCUT2D eigenvalue weighted by Gasteiger charge is -2.32. The molecular formula is C27H32N2O2. The molecule has 1 aromatic heterocycles. The van der Waals surface area contributed by atoms with Crippen LogP contribution in [0.3, 0.4) is 0 Å². The van der Waals surface area contributed by atoms with Crippen LogP contribution in [0.2, 0.25) is 0 Å². The molecule has 4 heteroatoms. The van der Waals surface area contributed by atoms with Crippen molar-refractivity contribution in [2.75, 3.05) is 27.3 Å². The van der Waals surface area contributed by atoms with Crippen LogP contribution in [0.5, 0.6) is 11.5 Å². The molecule has 1 aliphatic heterocycles. The zero-order valence-corrected chi connectivity index (χ0v) is 18.8. The number of hydrogen-bond acceptors (Lipinski definition) is 4. The second-order valence-corrected chi connectivity index (χ2v) is 8.48. The molecular weight excluding hydrogens is 384 g/mol. The van der Waals surface area contributed by atoms with E-state index in [-0.39, 0.29) is 0 Å². The first kappa shape index (κ1) is 21.4. The normalized spacial score (nSPS) is 15.1. The maximum absolute atomic E-state index is 5.58. The van der Waals surface area contributed by atoms with Gasteiger partial charge in [0.1, 0.15) is 11.5 Å². The molecule has 0 radical (unpaired) electrons. The van der Waals surface area contributed by atoms with Crippen LogP contribution in [0.25, 0.3) is 0 Å². The minimum absolute atomic E-state index is 0.547. The Morgan fingerprint density at radius 1 is 0.903 bits per heavy atom. The summed E-state index contributed by atoms with van der Waals surface area (Å²) in [4.78, 5) is 7.34. The number of ether oxygens (including phenoxy) is 2. The van der Waals surface area contributed by atoms with Crippen LogP contribution in [-0.2, 0) is 13.0 Å². The summed E-state index contributed by atoms with van der Waals surface area (Å²) >= 11 is 0. The number of pyridine rings is 1. The average molecular weight is 417 g/mol. The summed E-state index contributed by atoms with van der Waals surface area (Å²) in [5.41, 5.74) is 6.26. The lowest BCUT2D eigenvalue weighted by Crippen LogP contribution is -2.32. The summed E-state index contributed by atoms with van der Waals surface area (Å²) in [5.74, 6) is 2.44. The van der Waals surface area contributed by atoms with Crippen molar-refractivity contribution in [2.24, 2.45) is 0 Å². The minimum Gasteiger partial charge on any atom is -0.497 e. The second kappa shape index (κ2) is 9.97. The van der Waals surface area contributed by atoms with Crippen molar-refractivity contribution in [3.8, 4) is 11.5 Å². The number of nitrogens with zero attached hydrogens (tertiary/aromatic N) is 2. The highest BCUT2D eigenvalue weighted by Gasteiger charge is 2.22. The summed E-state index contributed by atoms with van der Waals surface area (Å²) < 4.78 is 10.8. The zero-order chi connectivity index (χ0) is 21.6. The van der Waals surface area contributed by atoms with Crippen molar-refractivity contribution in [3.63, 3.8) is 0 Å². The summed E-state index contributed by atoms with van der Waals surface area (Å²) in [6.07, 6.45) is 5.25. The lowest BCUT2D eigenvalue weighted by molar-refractivity contribution is 0.201. The summed E-state index contributed by atoms with van der Waals surface area (Å²) in [5, 5.41) is 0. The van der Waals surface area contributed by atoms with E-state index in [1.807, 2.05) is 18.3 Å². The predicted octanol–water partition coefficient (Wildman–Crippen LogP) is 5.38. The standard InChI is InChI=1S/C27H32N2O2/c1-20-4-8-24(27(16-20)31-3)19-29-14-12-23(13-15-29)26-11-7-22(18-28-26)17-21-5-9-25(30-2)10-6-21/h4-11,16,18,23H,12-15,17,19H2,1-3H3. The summed E-state index contributed by atoms with van der Waals surface area (Å²) in [7, 11) is 3.45. The van der Waals surface area contributed by atoms with Crippen LogP contribution >= 0.6 is 0 Å². The molecule has 0 atom stereocenters. The third kappa shape index (κ3) is 5.45. The fourth-order valence-corrected chi connectivity index (χ4v) is 4.37. The molecule has 31 heavy (non-hydrogen) atoms. The number of benzene rings is 2. The van der Waals surface area contributed by atoms with Crippen molar-refractivity contribution >= 4 is 0 Å². The van der Waals surface area contributed by atoms with E-state index in [1.54, 1.807) is 14.2 Å². The topological polar surface area (TPSA) is 34.6 Å². The molecule has 4 rings (SSSR count). The van der Waals surface area contributed by atoms with Gasteiger partial charge < -0.3 is 9.47 Å². The Morgan fingerprint density at radius 2 is 1.65 bits per heavy atom. The van der Waals surface area contributed by atoms with Crippen molar-refractivity contribution in [2.45, 2.75) is 38.6 Å². The molecule has 2 aromatic carbocycles. The Morgan fingerprint density at radius 3 is 2.29 bits per heavy atom. The lowest BCUT2D eigenvalue weighted by atomic mass is 9.92.